The number of benzene rings is 2. The number of carbonyl (C=O) groups excluding carboxylic acids is 1. The largest absolute Gasteiger partial charge is 0.461 e. The minimum absolute atomic E-state index is 0.0420. The van der Waals surface area contributed by atoms with Crippen LogP contribution in [0.4, 0.5) is 4.39 Å². The monoisotopic (exact) mass is 406 g/mol. The predicted octanol–water partition coefficient (Wildman–Crippen LogP) is 4.80. The number of likely N-dealkylation sites (tertiary alicyclic amines) is 1. The van der Waals surface area contributed by atoms with E-state index >= 15 is 0 Å². The fourth-order valence-corrected chi connectivity index (χ4v) is 3.93. The van der Waals surface area contributed by atoms with E-state index in [4.69, 9.17) is 4.42 Å². The lowest BCUT2D eigenvalue weighted by molar-refractivity contribution is -0.122. The summed E-state index contributed by atoms with van der Waals surface area (Å²) in [5.74, 6) is 0.922. The van der Waals surface area contributed by atoms with Gasteiger partial charge in [0.1, 0.15) is 17.3 Å². The van der Waals surface area contributed by atoms with Crippen LogP contribution < -0.4 is 5.32 Å². The van der Waals surface area contributed by atoms with Gasteiger partial charge in [0, 0.05) is 38.5 Å². The maximum Gasteiger partial charge on any atom is 0.220 e. The third-order valence-electron chi connectivity index (χ3n) is 5.60. The van der Waals surface area contributed by atoms with E-state index in [1.54, 1.807) is 24.3 Å². The van der Waals surface area contributed by atoms with Gasteiger partial charge in [0.15, 0.2) is 0 Å². The molecule has 0 atom stereocenters. The number of amides is 1. The van der Waals surface area contributed by atoms with Crippen molar-refractivity contribution < 1.29 is 13.6 Å². The highest BCUT2D eigenvalue weighted by Crippen LogP contribution is 2.25. The van der Waals surface area contributed by atoms with Gasteiger partial charge in [0.25, 0.3) is 0 Å². The second-order valence-corrected chi connectivity index (χ2v) is 7.85. The summed E-state index contributed by atoms with van der Waals surface area (Å²) in [5, 5.41) is 3.15. The Morgan fingerprint density at radius 3 is 2.50 bits per heavy atom. The van der Waals surface area contributed by atoms with E-state index in [1.807, 2.05) is 12.1 Å². The number of furan rings is 1. The molecule has 5 heteroatoms. The molecule has 2 aromatic carbocycles. The molecule has 1 aromatic heterocycles. The van der Waals surface area contributed by atoms with Crippen molar-refractivity contribution in [2.45, 2.75) is 38.3 Å². The first kappa shape index (κ1) is 20.4. The SMILES string of the molecule is O=C(CCc1ccc(-c2ccccc2F)o1)NC1CCN(Cc2ccccc2)CC1. The van der Waals surface area contributed by atoms with Crippen LogP contribution in [-0.2, 0) is 17.8 Å². The summed E-state index contributed by atoms with van der Waals surface area (Å²) in [6.45, 7) is 2.94. The summed E-state index contributed by atoms with van der Waals surface area (Å²) in [4.78, 5) is 14.8. The summed E-state index contributed by atoms with van der Waals surface area (Å²) in [6.07, 6.45) is 2.81. The molecule has 0 spiro atoms. The van der Waals surface area contributed by atoms with Crippen LogP contribution >= 0.6 is 0 Å². The Morgan fingerprint density at radius 1 is 1.00 bits per heavy atom. The Balaban J connectivity index is 1.20. The van der Waals surface area contributed by atoms with Crippen molar-refractivity contribution in [3.8, 4) is 11.3 Å². The molecule has 1 N–H and O–H groups in total. The number of hydrogen-bond acceptors (Lipinski definition) is 3. The zero-order valence-electron chi connectivity index (χ0n) is 17.0. The van der Waals surface area contributed by atoms with E-state index in [2.05, 4.69) is 34.5 Å². The highest BCUT2D eigenvalue weighted by atomic mass is 19.1. The van der Waals surface area contributed by atoms with Gasteiger partial charge < -0.3 is 9.73 Å². The van der Waals surface area contributed by atoms with Gasteiger partial charge in [-0.25, -0.2) is 4.39 Å². The molecule has 0 aliphatic carbocycles. The molecular weight excluding hydrogens is 379 g/mol. The molecule has 3 aromatic rings. The van der Waals surface area contributed by atoms with Gasteiger partial charge in [0.05, 0.1) is 5.56 Å². The van der Waals surface area contributed by atoms with Crippen LogP contribution in [0.2, 0.25) is 0 Å². The molecule has 1 aliphatic rings. The molecule has 0 unspecified atom stereocenters. The molecule has 1 saturated heterocycles. The molecule has 0 radical (unpaired) electrons. The minimum Gasteiger partial charge on any atom is -0.461 e. The first-order valence-electron chi connectivity index (χ1n) is 10.6. The molecule has 0 saturated carbocycles. The van der Waals surface area contributed by atoms with Gasteiger partial charge in [-0.2, -0.15) is 0 Å². The van der Waals surface area contributed by atoms with Gasteiger partial charge in [0.2, 0.25) is 5.91 Å². The summed E-state index contributed by atoms with van der Waals surface area (Å²) in [6, 6.07) is 20.8. The topological polar surface area (TPSA) is 45.5 Å². The predicted molar refractivity (Wildman–Crippen MR) is 115 cm³/mol. The van der Waals surface area contributed by atoms with Gasteiger partial charge in [-0.05, 0) is 42.7 Å². The first-order chi connectivity index (χ1) is 14.7. The zero-order chi connectivity index (χ0) is 20.8. The van der Waals surface area contributed by atoms with Crippen LogP contribution in [0.1, 0.15) is 30.6 Å². The van der Waals surface area contributed by atoms with E-state index in [9.17, 15) is 9.18 Å². The van der Waals surface area contributed by atoms with Crippen LogP contribution in [0, 0.1) is 5.82 Å². The number of hydrogen-bond donors (Lipinski definition) is 1. The molecule has 1 amide bonds. The molecule has 1 aliphatic heterocycles. The summed E-state index contributed by atoms with van der Waals surface area (Å²) < 4.78 is 19.6. The molecule has 1 fully saturated rings. The van der Waals surface area contributed by atoms with E-state index in [1.165, 1.54) is 11.6 Å². The minimum atomic E-state index is -0.310. The Kier molecular flexibility index (Phi) is 6.60. The standard InChI is InChI=1S/C25H27FN2O2/c26-23-9-5-4-8-22(23)24-12-10-21(30-24)11-13-25(29)27-20-14-16-28(17-15-20)18-19-6-2-1-3-7-19/h1-10,12,20H,11,13-18H2,(H,27,29). The van der Waals surface area contributed by atoms with Crippen molar-refractivity contribution >= 4 is 5.91 Å². The highest BCUT2D eigenvalue weighted by Gasteiger charge is 2.21. The zero-order valence-corrected chi connectivity index (χ0v) is 17.0. The number of aryl methyl sites for hydroxylation is 1. The van der Waals surface area contributed by atoms with E-state index in [0.717, 1.165) is 32.5 Å². The highest BCUT2D eigenvalue weighted by molar-refractivity contribution is 5.76. The van der Waals surface area contributed by atoms with Crippen LogP contribution in [-0.4, -0.2) is 29.9 Å². The Hall–Kier alpha value is -2.92. The van der Waals surface area contributed by atoms with Crippen LogP contribution in [0.25, 0.3) is 11.3 Å². The molecule has 4 nitrogen and oxygen atoms in total. The van der Waals surface area contributed by atoms with E-state index in [0.29, 0.717) is 29.9 Å². The third kappa shape index (κ3) is 5.36. The molecule has 4 rings (SSSR count). The normalized spacial score (nSPS) is 15.2. The van der Waals surface area contributed by atoms with E-state index < -0.39 is 0 Å². The fourth-order valence-electron chi connectivity index (χ4n) is 3.93. The molecule has 156 valence electrons. The van der Waals surface area contributed by atoms with Crippen molar-refractivity contribution in [1.82, 2.24) is 10.2 Å². The lowest BCUT2D eigenvalue weighted by atomic mass is 10.0. The average Bonchev–Trinajstić information content (AvgIpc) is 3.24. The molecule has 30 heavy (non-hydrogen) atoms. The van der Waals surface area contributed by atoms with Crippen molar-refractivity contribution in [3.63, 3.8) is 0 Å². The number of carbonyl (C=O) groups is 1. The van der Waals surface area contributed by atoms with Crippen LogP contribution in [0.3, 0.4) is 0 Å². The van der Waals surface area contributed by atoms with Crippen molar-refractivity contribution in [2.75, 3.05) is 13.1 Å². The number of nitrogens with one attached hydrogen (secondary N) is 1. The summed E-state index contributed by atoms with van der Waals surface area (Å²) in [7, 11) is 0. The number of halogens is 1. The molecule has 0 bridgehead atoms. The number of piperidine rings is 1. The first-order valence-corrected chi connectivity index (χ1v) is 10.6. The van der Waals surface area contributed by atoms with Crippen LogP contribution in [0.5, 0.6) is 0 Å². The Labute approximate surface area is 176 Å². The summed E-state index contributed by atoms with van der Waals surface area (Å²) in [5.41, 5.74) is 1.77. The average molecular weight is 407 g/mol. The second kappa shape index (κ2) is 9.72. The molecular formula is C25H27FN2O2. The lowest BCUT2D eigenvalue weighted by Crippen LogP contribution is -2.44. The van der Waals surface area contributed by atoms with E-state index in [-0.39, 0.29) is 17.8 Å². The molecule has 2 heterocycles. The quantitative estimate of drug-likeness (QED) is 0.613. The Bertz CT molecular complexity index is 962. The van der Waals surface area contributed by atoms with Crippen molar-refractivity contribution in [3.05, 3.63) is 83.9 Å². The fraction of sp³-hybridized carbons (Fsp3) is 0.320. The maximum atomic E-state index is 13.9. The number of rotatable bonds is 7. The Morgan fingerprint density at radius 2 is 1.73 bits per heavy atom. The van der Waals surface area contributed by atoms with Gasteiger partial charge in [-0.3, -0.25) is 9.69 Å². The van der Waals surface area contributed by atoms with Crippen LogP contribution in [0.15, 0.2) is 71.1 Å². The van der Waals surface area contributed by atoms with Gasteiger partial charge >= 0.3 is 0 Å². The third-order valence-corrected chi connectivity index (χ3v) is 5.60. The smallest absolute Gasteiger partial charge is 0.220 e. The number of nitrogens with zero attached hydrogens (tertiary/aromatic N) is 1. The summed E-state index contributed by atoms with van der Waals surface area (Å²) >= 11 is 0. The second-order valence-electron chi connectivity index (χ2n) is 7.85. The van der Waals surface area contributed by atoms with Gasteiger partial charge in [-0.15, -0.1) is 0 Å². The van der Waals surface area contributed by atoms with Crippen molar-refractivity contribution in [2.24, 2.45) is 0 Å². The van der Waals surface area contributed by atoms with Crippen molar-refractivity contribution in [1.29, 1.82) is 0 Å². The lowest BCUT2D eigenvalue weighted by Gasteiger charge is -2.32. The maximum absolute atomic E-state index is 13.9. The van der Waals surface area contributed by atoms with Gasteiger partial charge in [-0.1, -0.05) is 42.5 Å².